The Kier molecular flexibility index (Phi) is 4.85. The summed E-state index contributed by atoms with van der Waals surface area (Å²) in [5.41, 5.74) is 0.953. The van der Waals surface area contributed by atoms with Gasteiger partial charge in [-0.25, -0.2) is 0 Å². The van der Waals surface area contributed by atoms with Gasteiger partial charge in [0.25, 0.3) is 0 Å². The first kappa shape index (κ1) is 14.2. The molecule has 0 radical (unpaired) electrons. The van der Waals surface area contributed by atoms with Gasteiger partial charge in [0.05, 0.1) is 0 Å². The normalized spacial score (nSPS) is 11.8. The Labute approximate surface area is 118 Å². The van der Waals surface area contributed by atoms with Crippen LogP contribution in [0.5, 0.6) is 0 Å². The summed E-state index contributed by atoms with van der Waals surface area (Å²) in [7, 11) is 1.55. The van der Waals surface area contributed by atoms with E-state index in [0.29, 0.717) is 0 Å². The maximum absolute atomic E-state index is 11.6. The van der Waals surface area contributed by atoms with Gasteiger partial charge in [-0.3, -0.25) is 14.9 Å². The Balaban J connectivity index is 1.83. The van der Waals surface area contributed by atoms with Crippen LogP contribution in [0.3, 0.4) is 0 Å². The molecule has 0 fully saturated rings. The maximum Gasteiger partial charge on any atom is 0.314 e. The fraction of sp³-hybridized carbons (Fsp3) is 0.250. The zero-order valence-corrected chi connectivity index (χ0v) is 11.5. The van der Waals surface area contributed by atoms with Gasteiger partial charge in [0.1, 0.15) is 12.4 Å². The van der Waals surface area contributed by atoms with Gasteiger partial charge >= 0.3 is 11.8 Å². The van der Waals surface area contributed by atoms with E-state index in [1.54, 1.807) is 7.11 Å². The summed E-state index contributed by atoms with van der Waals surface area (Å²) in [5, 5.41) is 12.1. The summed E-state index contributed by atoms with van der Waals surface area (Å²) in [5.74, 6) is -1.38. The van der Waals surface area contributed by atoms with Crippen LogP contribution >= 0.6 is 11.3 Å². The predicted octanol–water partition coefficient (Wildman–Crippen LogP) is 1.18. The molecule has 0 aliphatic carbocycles. The first-order valence-corrected chi connectivity index (χ1v) is 6.69. The van der Waals surface area contributed by atoms with Crippen LogP contribution in [0.2, 0.25) is 0 Å². The van der Waals surface area contributed by atoms with Crippen LogP contribution in [-0.2, 0) is 14.3 Å². The molecule has 2 amide bonds. The predicted molar refractivity (Wildman–Crippen MR) is 72.2 cm³/mol. The third kappa shape index (κ3) is 3.65. The molecule has 0 aliphatic heterocycles. The molecular weight excluding hydrogens is 282 g/mol. The second-order valence-electron chi connectivity index (χ2n) is 3.83. The molecule has 20 heavy (non-hydrogen) atoms. The van der Waals surface area contributed by atoms with Crippen LogP contribution in [0.25, 0.3) is 0 Å². The molecule has 106 valence electrons. The Bertz CT molecular complexity index is 553. The number of anilines is 1. The van der Waals surface area contributed by atoms with Gasteiger partial charge in [-0.2, -0.15) is 11.3 Å². The van der Waals surface area contributed by atoms with E-state index in [1.165, 1.54) is 23.7 Å². The van der Waals surface area contributed by atoms with Gasteiger partial charge in [0.2, 0.25) is 0 Å². The van der Waals surface area contributed by atoms with Crippen LogP contribution in [0, 0.1) is 0 Å². The largest absolute Gasteiger partial charge is 0.375 e. The highest BCUT2D eigenvalue weighted by Crippen LogP contribution is 2.18. The van der Waals surface area contributed by atoms with Crippen LogP contribution in [-0.4, -0.2) is 30.6 Å². The van der Waals surface area contributed by atoms with Crippen molar-refractivity contribution in [3.8, 4) is 0 Å². The number of hydrogen-bond donors (Lipinski definition) is 2. The lowest BCUT2D eigenvalue weighted by Gasteiger charge is -2.14. The Morgan fingerprint density at radius 1 is 1.45 bits per heavy atom. The molecular formula is C12H13N3O4S. The SMILES string of the molecule is CO[C@@H](CNC(=O)C(=O)Nc1ccon1)c1ccsc1. The summed E-state index contributed by atoms with van der Waals surface area (Å²) in [4.78, 5) is 23.2. The van der Waals surface area contributed by atoms with Crippen molar-refractivity contribution in [1.82, 2.24) is 10.5 Å². The number of nitrogens with one attached hydrogen (secondary N) is 2. The van der Waals surface area contributed by atoms with Crippen molar-refractivity contribution in [1.29, 1.82) is 0 Å². The van der Waals surface area contributed by atoms with E-state index in [4.69, 9.17) is 4.74 Å². The topological polar surface area (TPSA) is 93.5 Å². The minimum Gasteiger partial charge on any atom is -0.375 e. The quantitative estimate of drug-likeness (QED) is 0.808. The lowest BCUT2D eigenvalue weighted by Crippen LogP contribution is -2.37. The highest BCUT2D eigenvalue weighted by atomic mass is 32.1. The molecule has 2 heterocycles. The second kappa shape index (κ2) is 6.83. The number of aromatic nitrogens is 1. The number of carbonyl (C=O) groups is 2. The van der Waals surface area contributed by atoms with E-state index in [-0.39, 0.29) is 18.5 Å². The van der Waals surface area contributed by atoms with E-state index >= 15 is 0 Å². The number of thiophene rings is 1. The number of nitrogens with zero attached hydrogens (tertiary/aromatic N) is 1. The van der Waals surface area contributed by atoms with Crippen LogP contribution in [0.15, 0.2) is 33.7 Å². The van der Waals surface area contributed by atoms with E-state index < -0.39 is 11.8 Å². The van der Waals surface area contributed by atoms with Gasteiger partial charge in [0, 0.05) is 19.7 Å². The van der Waals surface area contributed by atoms with Gasteiger partial charge < -0.3 is 14.6 Å². The fourth-order valence-corrected chi connectivity index (χ4v) is 2.21. The summed E-state index contributed by atoms with van der Waals surface area (Å²) < 4.78 is 9.81. The molecule has 2 aromatic rings. The minimum absolute atomic E-state index is 0.186. The highest BCUT2D eigenvalue weighted by molar-refractivity contribution is 7.07. The second-order valence-corrected chi connectivity index (χ2v) is 4.61. The van der Waals surface area contributed by atoms with Crippen molar-refractivity contribution >= 4 is 29.0 Å². The number of ether oxygens (including phenoxy) is 1. The number of methoxy groups -OCH3 is 1. The van der Waals surface area contributed by atoms with Gasteiger partial charge in [-0.15, -0.1) is 0 Å². The molecule has 0 spiro atoms. The maximum atomic E-state index is 11.6. The molecule has 0 saturated heterocycles. The summed E-state index contributed by atoms with van der Waals surface area (Å²) in [6, 6.07) is 3.34. The van der Waals surface area contributed by atoms with E-state index in [1.807, 2.05) is 16.8 Å². The lowest BCUT2D eigenvalue weighted by molar-refractivity contribution is -0.136. The average molecular weight is 295 g/mol. The van der Waals surface area contributed by atoms with Crippen LogP contribution in [0.4, 0.5) is 5.82 Å². The molecule has 2 aromatic heterocycles. The monoisotopic (exact) mass is 295 g/mol. The molecule has 1 atom stereocenters. The average Bonchev–Trinajstić information content (AvgIpc) is 3.12. The third-order valence-electron chi connectivity index (χ3n) is 2.53. The van der Waals surface area contributed by atoms with Crippen molar-refractivity contribution in [2.75, 3.05) is 19.0 Å². The molecule has 0 saturated carbocycles. The Morgan fingerprint density at radius 3 is 2.90 bits per heavy atom. The molecule has 0 unspecified atom stereocenters. The van der Waals surface area contributed by atoms with Gasteiger partial charge in [-0.1, -0.05) is 5.16 Å². The summed E-state index contributed by atoms with van der Waals surface area (Å²) in [6.07, 6.45) is 1.01. The van der Waals surface area contributed by atoms with Crippen molar-refractivity contribution in [3.63, 3.8) is 0 Å². The molecule has 2 N–H and O–H groups in total. The summed E-state index contributed by atoms with van der Waals surface area (Å²) in [6.45, 7) is 0.207. The standard InChI is InChI=1S/C12H13N3O4S/c1-18-9(8-3-5-20-7-8)6-13-11(16)12(17)14-10-2-4-19-15-10/h2-5,7,9H,6H2,1H3,(H,13,16)(H,14,15,17)/t9-/m0/s1. The third-order valence-corrected chi connectivity index (χ3v) is 3.23. The van der Waals surface area contributed by atoms with Crippen molar-refractivity contribution in [2.24, 2.45) is 0 Å². The van der Waals surface area contributed by atoms with E-state index in [0.717, 1.165) is 5.56 Å². The summed E-state index contributed by atoms with van der Waals surface area (Å²) >= 11 is 1.54. The van der Waals surface area contributed by atoms with Crippen LogP contribution in [0.1, 0.15) is 11.7 Å². The van der Waals surface area contributed by atoms with Crippen molar-refractivity contribution < 1.29 is 18.8 Å². The van der Waals surface area contributed by atoms with E-state index in [9.17, 15) is 9.59 Å². The van der Waals surface area contributed by atoms with E-state index in [2.05, 4.69) is 20.3 Å². The molecule has 8 heteroatoms. The zero-order chi connectivity index (χ0) is 14.4. The number of rotatable bonds is 5. The molecule has 0 bridgehead atoms. The first-order valence-electron chi connectivity index (χ1n) is 5.75. The molecule has 2 rings (SSSR count). The molecule has 7 nitrogen and oxygen atoms in total. The highest BCUT2D eigenvalue weighted by Gasteiger charge is 2.18. The van der Waals surface area contributed by atoms with Crippen molar-refractivity contribution in [2.45, 2.75) is 6.10 Å². The number of hydrogen-bond acceptors (Lipinski definition) is 6. The van der Waals surface area contributed by atoms with Gasteiger partial charge in [0.15, 0.2) is 5.82 Å². The molecule has 0 aromatic carbocycles. The smallest absolute Gasteiger partial charge is 0.314 e. The Hall–Kier alpha value is -2.19. The minimum atomic E-state index is -0.806. The van der Waals surface area contributed by atoms with Gasteiger partial charge in [-0.05, 0) is 22.4 Å². The number of carbonyl (C=O) groups excluding carboxylic acids is 2. The lowest BCUT2D eigenvalue weighted by atomic mass is 10.2. The van der Waals surface area contributed by atoms with Crippen LogP contribution < -0.4 is 10.6 Å². The first-order chi connectivity index (χ1) is 9.70. The Morgan fingerprint density at radius 2 is 2.30 bits per heavy atom. The molecule has 0 aliphatic rings. The number of amides is 2. The zero-order valence-electron chi connectivity index (χ0n) is 10.7. The fourth-order valence-electron chi connectivity index (χ4n) is 1.51. The van der Waals surface area contributed by atoms with Crippen molar-refractivity contribution in [3.05, 3.63) is 34.7 Å².